The van der Waals surface area contributed by atoms with Crippen LogP contribution in [0.25, 0.3) is 0 Å². The van der Waals surface area contributed by atoms with Crippen LogP contribution in [0.3, 0.4) is 0 Å². The zero-order chi connectivity index (χ0) is 12.8. The van der Waals surface area contributed by atoms with Crippen LogP contribution in [-0.4, -0.2) is 34.5 Å². The van der Waals surface area contributed by atoms with E-state index in [0.29, 0.717) is 12.3 Å². The first kappa shape index (κ1) is 13.7. The molecule has 2 atom stereocenters. The van der Waals surface area contributed by atoms with Crippen molar-refractivity contribution in [1.82, 2.24) is 4.90 Å². The van der Waals surface area contributed by atoms with Crippen molar-refractivity contribution in [3.63, 3.8) is 0 Å². The third-order valence-corrected chi connectivity index (χ3v) is 3.30. The van der Waals surface area contributed by atoms with Crippen LogP contribution in [0.5, 0.6) is 0 Å². The summed E-state index contributed by atoms with van der Waals surface area (Å²) in [5.41, 5.74) is 0. The van der Waals surface area contributed by atoms with E-state index < -0.39 is 5.97 Å². The number of carboxylic acid groups (broad SMARTS) is 1. The molecule has 0 spiro atoms. The van der Waals surface area contributed by atoms with Gasteiger partial charge < -0.3 is 10.0 Å². The smallest absolute Gasteiger partial charge is 0.323 e. The van der Waals surface area contributed by atoms with E-state index in [-0.39, 0.29) is 18.5 Å². The van der Waals surface area contributed by atoms with Gasteiger partial charge in [-0.1, -0.05) is 19.1 Å². The van der Waals surface area contributed by atoms with Gasteiger partial charge in [0.05, 0.1) is 0 Å². The second-order valence-electron chi connectivity index (χ2n) is 4.64. The molecular formula is C13H21NO3. The Morgan fingerprint density at radius 1 is 1.53 bits per heavy atom. The van der Waals surface area contributed by atoms with Gasteiger partial charge in [0.15, 0.2) is 0 Å². The van der Waals surface area contributed by atoms with E-state index in [1.165, 1.54) is 4.90 Å². The number of amides is 1. The Labute approximate surface area is 102 Å². The molecule has 4 nitrogen and oxygen atoms in total. The molecule has 0 heterocycles. The Kier molecular flexibility index (Phi) is 5.19. The van der Waals surface area contributed by atoms with Gasteiger partial charge in [0.2, 0.25) is 5.91 Å². The molecule has 1 rings (SSSR count). The van der Waals surface area contributed by atoms with Crippen LogP contribution >= 0.6 is 0 Å². The molecule has 1 aliphatic rings. The number of allylic oxidation sites excluding steroid dienone is 2. The maximum atomic E-state index is 12.1. The van der Waals surface area contributed by atoms with Crippen molar-refractivity contribution in [2.45, 2.75) is 45.6 Å². The average Bonchev–Trinajstić information content (AvgIpc) is 2.77. The predicted molar refractivity (Wildman–Crippen MR) is 65.6 cm³/mol. The minimum absolute atomic E-state index is 0.0102. The van der Waals surface area contributed by atoms with Gasteiger partial charge in [-0.25, -0.2) is 0 Å². The van der Waals surface area contributed by atoms with E-state index in [9.17, 15) is 9.59 Å². The van der Waals surface area contributed by atoms with E-state index in [2.05, 4.69) is 12.2 Å². The monoisotopic (exact) mass is 239 g/mol. The highest BCUT2D eigenvalue weighted by Gasteiger charge is 2.24. The SMILES string of the molecule is CCC(C)N(CC(=O)O)C(=O)CC1C=CCC1. The number of carbonyl (C=O) groups is 2. The van der Waals surface area contributed by atoms with E-state index in [4.69, 9.17) is 5.11 Å². The zero-order valence-corrected chi connectivity index (χ0v) is 10.6. The highest BCUT2D eigenvalue weighted by molar-refractivity contribution is 5.82. The van der Waals surface area contributed by atoms with Crippen LogP contribution in [0.1, 0.15) is 39.5 Å². The number of hydrogen-bond donors (Lipinski definition) is 1. The molecule has 17 heavy (non-hydrogen) atoms. The zero-order valence-electron chi connectivity index (χ0n) is 10.6. The molecule has 1 N–H and O–H groups in total. The van der Waals surface area contributed by atoms with Crippen molar-refractivity contribution in [3.05, 3.63) is 12.2 Å². The van der Waals surface area contributed by atoms with Gasteiger partial charge in [0.25, 0.3) is 0 Å². The lowest BCUT2D eigenvalue weighted by molar-refractivity contribution is -0.146. The standard InChI is InChI=1S/C13H21NO3/c1-3-10(2)14(9-13(16)17)12(15)8-11-6-4-5-7-11/h4,6,10-11H,3,5,7-9H2,1-2H3,(H,16,17). The second-order valence-corrected chi connectivity index (χ2v) is 4.64. The van der Waals surface area contributed by atoms with E-state index in [1.807, 2.05) is 13.8 Å². The van der Waals surface area contributed by atoms with Gasteiger partial charge in [0.1, 0.15) is 6.54 Å². The molecule has 0 aromatic heterocycles. The number of rotatable bonds is 6. The quantitative estimate of drug-likeness (QED) is 0.722. The van der Waals surface area contributed by atoms with Crippen molar-refractivity contribution >= 4 is 11.9 Å². The lowest BCUT2D eigenvalue weighted by Gasteiger charge is -2.27. The molecule has 0 saturated carbocycles. The molecular weight excluding hydrogens is 218 g/mol. The molecule has 0 saturated heterocycles. The fourth-order valence-corrected chi connectivity index (χ4v) is 2.06. The summed E-state index contributed by atoms with van der Waals surface area (Å²) in [7, 11) is 0. The summed E-state index contributed by atoms with van der Waals surface area (Å²) in [6.07, 6.45) is 7.40. The van der Waals surface area contributed by atoms with Crippen LogP contribution in [0, 0.1) is 5.92 Å². The summed E-state index contributed by atoms with van der Waals surface area (Å²) in [5.74, 6) is -0.693. The Balaban J connectivity index is 2.58. The minimum atomic E-state index is -0.944. The third kappa shape index (κ3) is 4.21. The summed E-state index contributed by atoms with van der Waals surface area (Å²) < 4.78 is 0. The molecule has 4 heteroatoms. The molecule has 0 fully saturated rings. The highest BCUT2D eigenvalue weighted by Crippen LogP contribution is 2.22. The maximum Gasteiger partial charge on any atom is 0.323 e. The lowest BCUT2D eigenvalue weighted by atomic mass is 10.0. The number of hydrogen-bond acceptors (Lipinski definition) is 2. The van der Waals surface area contributed by atoms with Crippen LogP contribution in [-0.2, 0) is 9.59 Å². The van der Waals surface area contributed by atoms with Gasteiger partial charge >= 0.3 is 5.97 Å². The summed E-state index contributed by atoms with van der Waals surface area (Å²) in [6.45, 7) is 3.66. The largest absolute Gasteiger partial charge is 0.480 e. The van der Waals surface area contributed by atoms with Crippen molar-refractivity contribution in [3.8, 4) is 0 Å². The summed E-state index contributed by atoms with van der Waals surface area (Å²) >= 11 is 0. The highest BCUT2D eigenvalue weighted by atomic mass is 16.4. The topological polar surface area (TPSA) is 57.6 Å². The fourth-order valence-electron chi connectivity index (χ4n) is 2.06. The van der Waals surface area contributed by atoms with Crippen LogP contribution in [0.15, 0.2) is 12.2 Å². The minimum Gasteiger partial charge on any atom is -0.480 e. The number of carboxylic acids is 1. The van der Waals surface area contributed by atoms with Gasteiger partial charge in [0, 0.05) is 12.5 Å². The van der Waals surface area contributed by atoms with Crippen molar-refractivity contribution in [2.75, 3.05) is 6.54 Å². The molecule has 1 aliphatic carbocycles. The Bertz CT molecular complexity index is 312. The lowest BCUT2D eigenvalue weighted by Crippen LogP contribution is -2.42. The summed E-state index contributed by atoms with van der Waals surface area (Å²) in [6, 6.07) is -0.0102. The normalized spacial score (nSPS) is 20.2. The third-order valence-electron chi connectivity index (χ3n) is 3.30. The molecule has 0 bridgehead atoms. The number of carbonyl (C=O) groups excluding carboxylic acids is 1. The Morgan fingerprint density at radius 2 is 2.24 bits per heavy atom. The summed E-state index contributed by atoms with van der Waals surface area (Å²) in [4.78, 5) is 24.3. The van der Waals surface area contributed by atoms with Crippen molar-refractivity contribution in [2.24, 2.45) is 5.92 Å². The number of aliphatic carboxylic acids is 1. The average molecular weight is 239 g/mol. The van der Waals surface area contributed by atoms with E-state index in [1.54, 1.807) is 0 Å². The van der Waals surface area contributed by atoms with Crippen molar-refractivity contribution < 1.29 is 14.7 Å². The second kappa shape index (κ2) is 6.42. The van der Waals surface area contributed by atoms with Crippen LogP contribution in [0.4, 0.5) is 0 Å². The predicted octanol–water partition coefficient (Wildman–Crippen LogP) is 2.05. The molecule has 0 aromatic carbocycles. The molecule has 2 unspecified atom stereocenters. The number of nitrogens with zero attached hydrogens (tertiary/aromatic N) is 1. The molecule has 0 aliphatic heterocycles. The van der Waals surface area contributed by atoms with E-state index in [0.717, 1.165) is 19.3 Å². The van der Waals surface area contributed by atoms with Gasteiger partial charge in [-0.2, -0.15) is 0 Å². The molecule has 1 amide bonds. The van der Waals surface area contributed by atoms with Gasteiger partial charge in [-0.15, -0.1) is 0 Å². The van der Waals surface area contributed by atoms with Gasteiger partial charge in [-0.05, 0) is 32.1 Å². The van der Waals surface area contributed by atoms with Gasteiger partial charge in [-0.3, -0.25) is 9.59 Å². The first-order valence-electron chi connectivity index (χ1n) is 6.22. The van der Waals surface area contributed by atoms with Crippen molar-refractivity contribution in [1.29, 1.82) is 0 Å². The first-order valence-corrected chi connectivity index (χ1v) is 6.22. The van der Waals surface area contributed by atoms with Crippen LogP contribution in [0.2, 0.25) is 0 Å². The van der Waals surface area contributed by atoms with E-state index >= 15 is 0 Å². The molecule has 0 radical (unpaired) electrons. The fraction of sp³-hybridized carbons (Fsp3) is 0.692. The first-order chi connectivity index (χ1) is 8.04. The Hall–Kier alpha value is -1.32. The molecule has 0 aromatic rings. The summed E-state index contributed by atoms with van der Waals surface area (Å²) in [5, 5.41) is 8.83. The van der Waals surface area contributed by atoms with Crippen LogP contribution < -0.4 is 0 Å². The maximum absolute atomic E-state index is 12.1. The molecule has 96 valence electrons. The Morgan fingerprint density at radius 3 is 2.71 bits per heavy atom.